The molecular formula is C32H41Cl2N3O4. The summed E-state index contributed by atoms with van der Waals surface area (Å²) in [5, 5.41) is 1.21. The first kappa shape index (κ1) is 31.2. The first-order valence-electron chi connectivity index (χ1n) is 14.5. The van der Waals surface area contributed by atoms with Crippen molar-refractivity contribution in [3.8, 4) is 5.75 Å². The predicted molar refractivity (Wildman–Crippen MR) is 166 cm³/mol. The fraction of sp³-hybridized carbons (Fsp3) is 0.500. The fourth-order valence-electron chi connectivity index (χ4n) is 5.36. The number of unbranched alkanes of at least 4 members (excludes halogenated alkanes) is 1. The molecule has 1 unspecified atom stereocenters. The monoisotopic (exact) mass is 601 g/mol. The van der Waals surface area contributed by atoms with Crippen molar-refractivity contribution in [1.29, 1.82) is 0 Å². The molecule has 0 spiro atoms. The van der Waals surface area contributed by atoms with Gasteiger partial charge in [0, 0.05) is 38.7 Å². The number of ether oxygens (including phenoxy) is 2. The van der Waals surface area contributed by atoms with Crippen LogP contribution in [0.15, 0.2) is 49.1 Å². The number of anilines is 2. The molecule has 7 nitrogen and oxygen atoms in total. The highest BCUT2D eigenvalue weighted by molar-refractivity contribution is 6.43. The lowest BCUT2D eigenvalue weighted by Crippen LogP contribution is -2.46. The number of carbonyl (C=O) groups excluding carboxylic acids is 2. The summed E-state index contributed by atoms with van der Waals surface area (Å²) in [7, 11) is 0. The Morgan fingerprint density at radius 1 is 1.05 bits per heavy atom. The molecule has 2 aliphatic rings. The number of carbonyl (C=O) groups is 2. The minimum Gasteiger partial charge on any atom is -0.494 e. The van der Waals surface area contributed by atoms with E-state index in [1.165, 1.54) is 0 Å². The van der Waals surface area contributed by atoms with Crippen LogP contribution in [0.25, 0.3) is 0 Å². The number of rotatable bonds is 13. The average molecular weight is 603 g/mol. The highest BCUT2D eigenvalue weighted by atomic mass is 35.5. The number of fused-ring (bicyclic) bond motifs is 1. The van der Waals surface area contributed by atoms with Gasteiger partial charge in [0.2, 0.25) is 5.91 Å². The summed E-state index contributed by atoms with van der Waals surface area (Å²) in [6, 6.07) is 11.6. The van der Waals surface area contributed by atoms with Crippen LogP contribution >= 0.6 is 23.2 Å². The fourth-order valence-corrected chi connectivity index (χ4v) is 5.77. The Bertz CT molecular complexity index is 1210. The van der Waals surface area contributed by atoms with Crippen LogP contribution in [0.3, 0.4) is 0 Å². The SMILES string of the molecule is C=CC(CC(C)C)C(=O)OCN1C(=O)CCc2ccc(OCCCCN3CCN(c4cccc(Cl)c4Cl)CC3)cc21. The molecule has 1 amide bonds. The Morgan fingerprint density at radius 3 is 2.56 bits per heavy atom. The van der Waals surface area contributed by atoms with Crippen LogP contribution in [0.1, 0.15) is 45.1 Å². The molecule has 0 bridgehead atoms. The lowest BCUT2D eigenvalue weighted by molar-refractivity contribution is -0.147. The van der Waals surface area contributed by atoms with E-state index in [1.54, 1.807) is 11.0 Å². The molecule has 0 radical (unpaired) electrons. The minimum absolute atomic E-state index is 0.0563. The summed E-state index contributed by atoms with van der Waals surface area (Å²) in [6.07, 6.45) is 5.30. The summed E-state index contributed by atoms with van der Waals surface area (Å²) < 4.78 is 11.6. The van der Waals surface area contributed by atoms with Gasteiger partial charge in [0.05, 0.1) is 33.9 Å². The maximum atomic E-state index is 12.7. The molecule has 2 aliphatic heterocycles. The summed E-state index contributed by atoms with van der Waals surface area (Å²) >= 11 is 12.6. The van der Waals surface area contributed by atoms with Crippen molar-refractivity contribution in [2.24, 2.45) is 11.8 Å². The summed E-state index contributed by atoms with van der Waals surface area (Å²) in [5.74, 6) is 0.266. The topological polar surface area (TPSA) is 62.3 Å². The number of nitrogens with zero attached hydrogens (tertiary/aromatic N) is 3. The molecule has 41 heavy (non-hydrogen) atoms. The Labute approximate surface area is 254 Å². The van der Waals surface area contributed by atoms with Gasteiger partial charge in [-0.3, -0.25) is 19.4 Å². The number of amides is 1. The van der Waals surface area contributed by atoms with E-state index in [1.807, 2.05) is 36.4 Å². The molecule has 1 fully saturated rings. The molecule has 0 aliphatic carbocycles. The number of hydrogen-bond acceptors (Lipinski definition) is 6. The molecule has 222 valence electrons. The van der Waals surface area contributed by atoms with Crippen molar-refractivity contribution in [1.82, 2.24) is 4.90 Å². The van der Waals surface area contributed by atoms with E-state index in [9.17, 15) is 9.59 Å². The molecular weight excluding hydrogens is 561 g/mol. The number of halogens is 2. The Morgan fingerprint density at radius 2 is 1.83 bits per heavy atom. The van der Waals surface area contributed by atoms with Crippen molar-refractivity contribution in [2.45, 2.75) is 46.0 Å². The average Bonchev–Trinajstić information content (AvgIpc) is 2.96. The van der Waals surface area contributed by atoms with E-state index in [2.05, 4.69) is 30.2 Å². The summed E-state index contributed by atoms with van der Waals surface area (Å²) in [5.41, 5.74) is 2.81. The first-order chi connectivity index (χ1) is 19.8. The Kier molecular flexibility index (Phi) is 11.4. The van der Waals surface area contributed by atoms with Gasteiger partial charge in [-0.2, -0.15) is 0 Å². The molecule has 2 heterocycles. The smallest absolute Gasteiger partial charge is 0.314 e. The van der Waals surface area contributed by atoms with Gasteiger partial charge in [0.15, 0.2) is 6.73 Å². The van der Waals surface area contributed by atoms with Crippen LogP contribution in [0.2, 0.25) is 10.0 Å². The van der Waals surface area contributed by atoms with Crippen molar-refractivity contribution in [3.05, 3.63) is 64.7 Å². The van der Waals surface area contributed by atoms with Gasteiger partial charge >= 0.3 is 5.97 Å². The highest BCUT2D eigenvalue weighted by Gasteiger charge is 2.27. The van der Waals surface area contributed by atoms with Gasteiger partial charge in [-0.25, -0.2) is 0 Å². The molecule has 1 atom stereocenters. The largest absolute Gasteiger partial charge is 0.494 e. The molecule has 1 saturated heterocycles. The maximum Gasteiger partial charge on any atom is 0.314 e. The molecule has 4 rings (SSSR count). The van der Waals surface area contributed by atoms with Crippen LogP contribution in [0, 0.1) is 11.8 Å². The first-order valence-corrected chi connectivity index (χ1v) is 15.3. The second-order valence-corrected chi connectivity index (χ2v) is 11.9. The van der Waals surface area contributed by atoms with Gasteiger partial charge in [-0.15, -0.1) is 6.58 Å². The van der Waals surface area contributed by atoms with Gasteiger partial charge in [-0.05, 0) is 61.9 Å². The van der Waals surface area contributed by atoms with Gasteiger partial charge < -0.3 is 14.4 Å². The van der Waals surface area contributed by atoms with Crippen molar-refractivity contribution < 1.29 is 19.1 Å². The molecule has 0 aromatic heterocycles. The van der Waals surface area contributed by atoms with E-state index >= 15 is 0 Å². The second kappa shape index (κ2) is 14.9. The lowest BCUT2D eigenvalue weighted by Gasteiger charge is -2.36. The third-order valence-electron chi connectivity index (χ3n) is 7.69. The number of benzene rings is 2. The maximum absolute atomic E-state index is 12.7. The molecule has 2 aromatic carbocycles. The predicted octanol–water partition coefficient (Wildman–Crippen LogP) is 6.60. The van der Waals surface area contributed by atoms with Crippen LogP contribution in [-0.2, 0) is 20.7 Å². The van der Waals surface area contributed by atoms with E-state index in [4.69, 9.17) is 32.7 Å². The lowest BCUT2D eigenvalue weighted by atomic mass is 9.97. The molecule has 0 N–H and O–H groups in total. The van der Waals surface area contributed by atoms with Crippen molar-refractivity contribution >= 4 is 46.5 Å². The Balaban J connectivity index is 1.22. The Hall–Kier alpha value is -2.74. The molecule has 9 heteroatoms. The number of piperazine rings is 1. The van der Waals surface area contributed by atoms with Crippen molar-refractivity contribution in [3.63, 3.8) is 0 Å². The van der Waals surface area contributed by atoms with Crippen molar-refractivity contribution in [2.75, 3.05) is 55.9 Å². The van der Waals surface area contributed by atoms with Gasteiger partial charge in [-0.1, -0.05) is 55.3 Å². The van der Waals surface area contributed by atoms with Crippen LogP contribution in [0.5, 0.6) is 5.75 Å². The van der Waals surface area contributed by atoms with Crippen LogP contribution < -0.4 is 14.5 Å². The van der Waals surface area contributed by atoms with E-state index in [-0.39, 0.29) is 24.5 Å². The third-order valence-corrected chi connectivity index (χ3v) is 8.50. The van der Waals surface area contributed by atoms with Crippen LogP contribution in [0.4, 0.5) is 11.4 Å². The van der Waals surface area contributed by atoms with Gasteiger partial charge in [0.1, 0.15) is 5.75 Å². The molecule has 2 aromatic rings. The van der Waals surface area contributed by atoms with Crippen LogP contribution in [-0.4, -0.2) is 62.8 Å². The second-order valence-electron chi connectivity index (χ2n) is 11.1. The zero-order valence-electron chi connectivity index (χ0n) is 24.1. The quantitative estimate of drug-likeness (QED) is 0.146. The minimum atomic E-state index is -0.380. The normalized spacial score (nSPS) is 16.5. The van der Waals surface area contributed by atoms with E-state index in [0.29, 0.717) is 47.6 Å². The number of hydrogen-bond donors (Lipinski definition) is 0. The zero-order chi connectivity index (χ0) is 29.4. The van der Waals surface area contributed by atoms with Gasteiger partial charge in [0.25, 0.3) is 0 Å². The zero-order valence-corrected chi connectivity index (χ0v) is 25.6. The summed E-state index contributed by atoms with van der Waals surface area (Å²) in [4.78, 5) is 31.6. The third kappa shape index (κ3) is 8.40. The summed E-state index contributed by atoms with van der Waals surface area (Å²) in [6.45, 7) is 13.2. The van der Waals surface area contributed by atoms with E-state index < -0.39 is 0 Å². The van der Waals surface area contributed by atoms with E-state index in [0.717, 1.165) is 62.5 Å². The highest BCUT2D eigenvalue weighted by Crippen LogP contribution is 2.33. The number of esters is 1. The standard InChI is InChI=1S/C32H41Cl2N3O4/c1-4-24(20-23(2)3)32(39)41-22-37-29-21-26(12-10-25(29)11-13-30(37)38)40-19-6-5-14-35-15-17-36(18-16-35)28-9-7-8-27(33)31(28)34/h4,7-10,12,21,23-24H,1,5-6,11,13-20,22H2,2-3H3. The number of aryl methyl sites for hydroxylation is 1. The molecule has 0 saturated carbocycles.